The molecule has 6 heteroatoms. The first-order chi connectivity index (χ1) is 12.2. The minimum absolute atomic E-state index is 0.0704. The number of amides is 1. The zero-order valence-electron chi connectivity index (χ0n) is 14.1. The van der Waals surface area contributed by atoms with E-state index >= 15 is 0 Å². The lowest BCUT2D eigenvalue weighted by Crippen LogP contribution is -2.36. The number of carbonyl (C=O) groups excluding carboxylic acids is 1. The molecule has 0 spiro atoms. The van der Waals surface area contributed by atoms with Gasteiger partial charge in [-0.05, 0) is 36.6 Å². The molecule has 2 aliphatic rings. The van der Waals surface area contributed by atoms with E-state index in [0.717, 1.165) is 24.1 Å². The third-order valence-corrected chi connectivity index (χ3v) is 5.30. The molecule has 0 saturated heterocycles. The first kappa shape index (κ1) is 16.6. The first-order valence-electron chi connectivity index (χ1n) is 8.94. The van der Waals surface area contributed by atoms with E-state index in [1.165, 1.54) is 19.3 Å². The van der Waals surface area contributed by atoms with Crippen molar-refractivity contribution >= 4 is 17.5 Å². The molecule has 5 nitrogen and oxygen atoms in total. The van der Waals surface area contributed by atoms with Crippen LogP contribution in [0.2, 0.25) is 5.02 Å². The standard InChI is InChI=1S/C19H22ClN3O2/c20-14-8-6-13(7-9-14)18-11-23-16(12-25-18)10-17(22-23)19(24)21-15-4-2-1-3-5-15/h6-10,15,18H,1-5,11-12H2,(H,21,24)/t18-/m1/s1. The highest BCUT2D eigenvalue weighted by Crippen LogP contribution is 2.27. The average molecular weight is 360 g/mol. The highest BCUT2D eigenvalue weighted by atomic mass is 35.5. The van der Waals surface area contributed by atoms with E-state index in [9.17, 15) is 4.79 Å². The number of hydrogen-bond acceptors (Lipinski definition) is 3. The van der Waals surface area contributed by atoms with E-state index in [4.69, 9.17) is 16.3 Å². The Balaban J connectivity index is 1.44. The van der Waals surface area contributed by atoms with Crippen LogP contribution in [-0.2, 0) is 17.9 Å². The Morgan fingerprint density at radius 3 is 2.72 bits per heavy atom. The SMILES string of the molecule is O=C(NC1CCCCC1)c1cc2n(n1)C[C@H](c1ccc(Cl)cc1)OC2. The predicted octanol–water partition coefficient (Wildman–Crippen LogP) is 3.87. The number of carbonyl (C=O) groups is 1. The van der Waals surface area contributed by atoms with Gasteiger partial charge in [0.1, 0.15) is 6.10 Å². The Labute approximate surface area is 152 Å². The average Bonchev–Trinajstić information content (AvgIpc) is 3.06. The Morgan fingerprint density at radius 1 is 1.20 bits per heavy atom. The Kier molecular flexibility index (Phi) is 4.77. The maximum atomic E-state index is 12.5. The molecular formula is C19H22ClN3O2. The molecule has 2 heterocycles. The summed E-state index contributed by atoms with van der Waals surface area (Å²) in [6, 6.07) is 9.80. The number of hydrogen-bond donors (Lipinski definition) is 1. The molecule has 1 aromatic carbocycles. The van der Waals surface area contributed by atoms with Crippen LogP contribution in [-0.4, -0.2) is 21.7 Å². The summed E-state index contributed by atoms with van der Waals surface area (Å²) in [6.45, 7) is 1.06. The van der Waals surface area contributed by atoms with Crippen molar-refractivity contribution in [2.24, 2.45) is 0 Å². The molecule has 1 aromatic heterocycles. The van der Waals surface area contributed by atoms with Gasteiger partial charge in [-0.1, -0.05) is 43.0 Å². The third kappa shape index (κ3) is 3.72. The number of halogens is 1. The molecule has 0 radical (unpaired) electrons. The van der Waals surface area contributed by atoms with Crippen LogP contribution in [0.1, 0.15) is 60.0 Å². The summed E-state index contributed by atoms with van der Waals surface area (Å²) in [5, 5.41) is 8.34. The van der Waals surface area contributed by atoms with Crippen LogP contribution in [0.15, 0.2) is 30.3 Å². The van der Waals surface area contributed by atoms with Crippen molar-refractivity contribution in [3.8, 4) is 0 Å². The number of ether oxygens (including phenoxy) is 1. The van der Waals surface area contributed by atoms with E-state index in [-0.39, 0.29) is 18.1 Å². The molecule has 1 amide bonds. The van der Waals surface area contributed by atoms with E-state index in [1.54, 1.807) is 0 Å². The summed E-state index contributed by atoms with van der Waals surface area (Å²) < 4.78 is 7.83. The minimum Gasteiger partial charge on any atom is -0.365 e. The van der Waals surface area contributed by atoms with Crippen LogP contribution < -0.4 is 5.32 Å². The van der Waals surface area contributed by atoms with Crippen molar-refractivity contribution in [1.82, 2.24) is 15.1 Å². The molecule has 1 aliphatic carbocycles. The van der Waals surface area contributed by atoms with Gasteiger partial charge in [-0.3, -0.25) is 9.48 Å². The van der Waals surface area contributed by atoms with Crippen LogP contribution in [0, 0.1) is 0 Å². The van der Waals surface area contributed by atoms with Gasteiger partial charge in [0.2, 0.25) is 0 Å². The molecule has 0 unspecified atom stereocenters. The largest absolute Gasteiger partial charge is 0.365 e. The van der Waals surface area contributed by atoms with Crippen molar-refractivity contribution in [3.63, 3.8) is 0 Å². The van der Waals surface area contributed by atoms with E-state index in [2.05, 4.69) is 10.4 Å². The van der Waals surface area contributed by atoms with Crippen LogP contribution in [0.5, 0.6) is 0 Å². The van der Waals surface area contributed by atoms with E-state index < -0.39 is 0 Å². The van der Waals surface area contributed by atoms with Gasteiger partial charge in [-0.25, -0.2) is 0 Å². The molecule has 25 heavy (non-hydrogen) atoms. The van der Waals surface area contributed by atoms with Gasteiger partial charge < -0.3 is 10.1 Å². The highest BCUT2D eigenvalue weighted by molar-refractivity contribution is 6.30. The molecule has 1 fully saturated rings. The van der Waals surface area contributed by atoms with Gasteiger partial charge in [-0.15, -0.1) is 0 Å². The van der Waals surface area contributed by atoms with Crippen LogP contribution in [0.25, 0.3) is 0 Å². The normalized spacial score (nSPS) is 20.9. The van der Waals surface area contributed by atoms with E-state index in [0.29, 0.717) is 23.9 Å². The zero-order valence-corrected chi connectivity index (χ0v) is 14.8. The van der Waals surface area contributed by atoms with Crippen molar-refractivity contribution < 1.29 is 9.53 Å². The zero-order chi connectivity index (χ0) is 17.2. The monoisotopic (exact) mass is 359 g/mol. The van der Waals surface area contributed by atoms with Crippen LogP contribution in [0.3, 0.4) is 0 Å². The van der Waals surface area contributed by atoms with Crippen LogP contribution >= 0.6 is 11.6 Å². The number of fused-ring (bicyclic) bond motifs is 1. The second kappa shape index (κ2) is 7.18. The van der Waals surface area contributed by atoms with Crippen molar-refractivity contribution in [2.75, 3.05) is 0 Å². The van der Waals surface area contributed by atoms with Gasteiger partial charge in [0.05, 0.1) is 18.8 Å². The van der Waals surface area contributed by atoms with Gasteiger partial charge >= 0.3 is 0 Å². The second-order valence-corrected chi connectivity index (χ2v) is 7.30. The number of nitrogens with zero attached hydrogens (tertiary/aromatic N) is 2. The van der Waals surface area contributed by atoms with Crippen molar-refractivity contribution in [1.29, 1.82) is 0 Å². The topological polar surface area (TPSA) is 56.2 Å². The summed E-state index contributed by atoms with van der Waals surface area (Å²) in [5.74, 6) is -0.0724. The van der Waals surface area contributed by atoms with Gasteiger partial charge in [0.25, 0.3) is 5.91 Å². The van der Waals surface area contributed by atoms with Crippen molar-refractivity contribution in [2.45, 2.75) is 57.4 Å². The fourth-order valence-corrected chi connectivity index (χ4v) is 3.75. The maximum absolute atomic E-state index is 12.5. The fourth-order valence-electron chi connectivity index (χ4n) is 3.62. The molecule has 2 aromatic rings. The minimum atomic E-state index is -0.0724. The van der Waals surface area contributed by atoms with E-state index in [1.807, 2.05) is 35.0 Å². The molecular weight excluding hydrogens is 338 g/mol. The number of rotatable bonds is 3. The summed E-state index contributed by atoms with van der Waals surface area (Å²) in [4.78, 5) is 12.5. The molecule has 1 N–H and O–H groups in total. The maximum Gasteiger partial charge on any atom is 0.272 e. The highest BCUT2D eigenvalue weighted by Gasteiger charge is 2.25. The molecule has 0 bridgehead atoms. The molecule has 1 saturated carbocycles. The number of benzene rings is 1. The number of aromatic nitrogens is 2. The Bertz CT molecular complexity index is 751. The lowest BCUT2D eigenvalue weighted by molar-refractivity contribution is -0.00119. The summed E-state index contributed by atoms with van der Waals surface area (Å²) in [5.41, 5.74) is 2.50. The van der Waals surface area contributed by atoms with Crippen molar-refractivity contribution in [3.05, 3.63) is 52.3 Å². The van der Waals surface area contributed by atoms with Gasteiger partial charge in [0, 0.05) is 11.1 Å². The third-order valence-electron chi connectivity index (χ3n) is 5.05. The first-order valence-corrected chi connectivity index (χ1v) is 9.31. The van der Waals surface area contributed by atoms with Gasteiger partial charge in [0.15, 0.2) is 5.69 Å². The molecule has 132 valence electrons. The molecule has 4 rings (SSSR count). The Morgan fingerprint density at radius 2 is 1.96 bits per heavy atom. The predicted molar refractivity (Wildman–Crippen MR) is 95.5 cm³/mol. The molecule has 1 aliphatic heterocycles. The van der Waals surface area contributed by atoms with Gasteiger partial charge in [-0.2, -0.15) is 5.10 Å². The summed E-state index contributed by atoms with van der Waals surface area (Å²) >= 11 is 5.95. The number of nitrogens with one attached hydrogen (secondary N) is 1. The summed E-state index contributed by atoms with van der Waals surface area (Å²) in [7, 11) is 0. The lowest BCUT2D eigenvalue weighted by atomic mass is 9.95. The van der Waals surface area contributed by atoms with Crippen LogP contribution in [0.4, 0.5) is 0 Å². The quantitative estimate of drug-likeness (QED) is 0.905. The lowest BCUT2D eigenvalue weighted by Gasteiger charge is -2.24. The molecule has 1 atom stereocenters. The fraction of sp³-hybridized carbons (Fsp3) is 0.474. The second-order valence-electron chi connectivity index (χ2n) is 6.86. The summed E-state index contributed by atoms with van der Waals surface area (Å²) in [6.07, 6.45) is 5.73. The Hall–Kier alpha value is -1.85. The smallest absolute Gasteiger partial charge is 0.272 e.